The lowest BCUT2D eigenvalue weighted by atomic mass is 10.1. The molecule has 0 atom stereocenters. The van der Waals surface area contributed by atoms with Crippen LogP contribution in [-0.2, 0) is 24.3 Å². The molecule has 1 N–H and O–H groups in total. The molecule has 3 rings (SSSR count). The third-order valence-electron chi connectivity index (χ3n) is 3.62. The normalized spacial score (nSPS) is 10.7. The SMILES string of the molecule is CCOCc1ccccc1NCc1noc(Cc2ccccc2)n1. The van der Waals surface area contributed by atoms with E-state index in [2.05, 4.69) is 21.5 Å². The molecule has 0 fully saturated rings. The van der Waals surface area contributed by atoms with Crippen LogP contribution in [0.5, 0.6) is 0 Å². The van der Waals surface area contributed by atoms with Crippen molar-refractivity contribution in [2.45, 2.75) is 26.5 Å². The highest BCUT2D eigenvalue weighted by atomic mass is 16.5. The number of hydrogen-bond acceptors (Lipinski definition) is 5. The van der Waals surface area contributed by atoms with Crippen LogP contribution in [0, 0.1) is 0 Å². The first kappa shape index (κ1) is 16.2. The Morgan fingerprint density at radius 2 is 1.83 bits per heavy atom. The lowest BCUT2D eigenvalue weighted by Crippen LogP contribution is -2.05. The van der Waals surface area contributed by atoms with Crippen molar-refractivity contribution in [3.8, 4) is 0 Å². The van der Waals surface area contributed by atoms with E-state index in [0.29, 0.717) is 37.9 Å². The van der Waals surface area contributed by atoms with Crippen LogP contribution in [-0.4, -0.2) is 16.7 Å². The van der Waals surface area contributed by atoms with Gasteiger partial charge in [-0.15, -0.1) is 0 Å². The first-order valence-corrected chi connectivity index (χ1v) is 8.10. The lowest BCUT2D eigenvalue weighted by molar-refractivity contribution is 0.134. The number of ether oxygens (including phenoxy) is 1. The van der Waals surface area contributed by atoms with E-state index in [-0.39, 0.29) is 0 Å². The molecule has 0 saturated carbocycles. The highest BCUT2D eigenvalue weighted by Crippen LogP contribution is 2.17. The Morgan fingerprint density at radius 1 is 1.04 bits per heavy atom. The van der Waals surface area contributed by atoms with Crippen molar-refractivity contribution < 1.29 is 9.26 Å². The zero-order chi connectivity index (χ0) is 16.6. The van der Waals surface area contributed by atoms with Gasteiger partial charge in [0.2, 0.25) is 5.89 Å². The van der Waals surface area contributed by atoms with Gasteiger partial charge < -0.3 is 14.6 Å². The van der Waals surface area contributed by atoms with Crippen LogP contribution in [0.3, 0.4) is 0 Å². The first-order valence-electron chi connectivity index (χ1n) is 8.10. The van der Waals surface area contributed by atoms with Crippen molar-refractivity contribution >= 4 is 5.69 Å². The Kier molecular flexibility index (Phi) is 5.58. The average molecular weight is 323 g/mol. The number of anilines is 1. The lowest BCUT2D eigenvalue weighted by Gasteiger charge is -2.10. The second-order valence-corrected chi connectivity index (χ2v) is 5.41. The van der Waals surface area contributed by atoms with Gasteiger partial charge >= 0.3 is 0 Å². The maximum atomic E-state index is 5.49. The van der Waals surface area contributed by atoms with Crippen LogP contribution in [0.4, 0.5) is 5.69 Å². The minimum atomic E-state index is 0.515. The summed E-state index contributed by atoms with van der Waals surface area (Å²) in [6.07, 6.45) is 0.648. The van der Waals surface area contributed by atoms with E-state index in [0.717, 1.165) is 16.8 Å². The first-order chi connectivity index (χ1) is 11.8. The minimum absolute atomic E-state index is 0.515. The molecule has 0 saturated heterocycles. The Hall–Kier alpha value is -2.66. The third kappa shape index (κ3) is 4.43. The molecule has 5 nitrogen and oxygen atoms in total. The zero-order valence-electron chi connectivity index (χ0n) is 13.7. The molecule has 0 aliphatic carbocycles. The second kappa shape index (κ2) is 8.26. The molecule has 3 aromatic rings. The van der Waals surface area contributed by atoms with Crippen LogP contribution in [0.25, 0.3) is 0 Å². The molecule has 24 heavy (non-hydrogen) atoms. The zero-order valence-corrected chi connectivity index (χ0v) is 13.7. The van der Waals surface area contributed by atoms with Crippen molar-refractivity contribution in [2.75, 3.05) is 11.9 Å². The van der Waals surface area contributed by atoms with E-state index < -0.39 is 0 Å². The van der Waals surface area contributed by atoms with Crippen molar-refractivity contribution in [1.29, 1.82) is 0 Å². The predicted octanol–water partition coefficient (Wildman–Crippen LogP) is 3.81. The summed E-state index contributed by atoms with van der Waals surface area (Å²) < 4.78 is 10.8. The maximum absolute atomic E-state index is 5.49. The summed E-state index contributed by atoms with van der Waals surface area (Å²) >= 11 is 0. The summed E-state index contributed by atoms with van der Waals surface area (Å²) in [5.41, 5.74) is 3.30. The maximum Gasteiger partial charge on any atom is 0.231 e. The van der Waals surface area contributed by atoms with Crippen LogP contribution < -0.4 is 5.32 Å². The monoisotopic (exact) mass is 323 g/mol. The number of nitrogens with one attached hydrogen (secondary N) is 1. The van der Waals surface area contributed by atoms with E-state index in [1.165, 1.54) is 0 Å². The van der Waals surface area contributed by atoms with Crippen molar-refractivity contribution in [3.05, 3.63) is 77.4 Å². The van der Waals surface area contributed by atoms with Crippen molar-refractivity contribution in [2.24, 2.45) is 0 Å². The molecule has 0 aliphatic rings. The minimum Gasteiger partial charge on any atom is -0.377 e. The summed E-state index contributed by atoms with van der Waals surface area (Å²) in [5.74, 6) is 1.27. The third-order valence-corrected chi connectivity index (χ3v) is 3.62. The van der Waals surface area contributed by atoms with Gasteiger partial charge in [-0.1, -0.05) is 53.7 Å². The summed E-state index contributed by atoms with van der Waals surface area (Å²) in [6, 6.07) is 18.2. The van der Waals surface area contributed by atoms with E-state index in [9.17, 15) is 0 Å². The molecule has 2 aromatic carbocycles. The van der Waals surface area contributed by atoms with Gasteiger partial charge in [-0.3, -0.25) is 0 Å². The van der Waals surface area contributed by atoms with Crippen molar-refractivity contribution in [3.63, 3.8) is 0 Å². The number of hydrogen-bond donors (Lipinski definition) is 1. The van der Waals surface area contributed by atoms with Gasteiger partial charge in [-0.05, 0) is 18.6 Å². The summed E-state index contributed by atoms with van der Waals surface area (Å²) in [5, 5.41) is 7.39. The molecule has 0 radical (unpaired) electrons. The highest BCUT2D eigenvalue weighted by molar-refractivity contribution is 5.50. The quantitative estimate of drug-likeness (QED) is 0.683. The Balaban J connectivity index is 1.60. The highest BCUT2D eigenvalue weighted by Gasteiger charge is 2.08. The Labute approximate surface area is 141 Å². The fraction of sp³-hybridized carbons (Fsp3) is 0.263. The van der Waals surface area contributed by atoms with Crippen LogP contribution in [0.2, 0.25) is 0 Å². The number of benzene rings is 2. The van der Waals surface area contributed by atoms with Gasteiger partial charge in [0.1, 0.15) is 0 Å². The molecular formula is C19H21N3O2. The van der Waals surface area contributed by atoms with Crippen molar-refractivity contribution in [1.82, 2.24) is 10.1 Å². The molecule has 0 unspecified atom stereocenters. The fourth-order valence-corrected chi connectivity index (χ4v) is 2.41. The molecule has 124 valence electrons. The predicted molar refractivity (Wildman–Crippen MR) is 92.6 cm³/mol. The van der Waals surface area contributed by atoms with Gasteiger partial charge in [-0.2, -0.15) is 4.98 Å². The number of para-hydroxylation sites is 1. The van der Waals surface area contributed by atoms with Crippen LogP contribution >= 0.6 is 0 Å². The topological polar surface area (TPSA) is 60.2 Å². The number of nitrogens with zero attached hydrogens (tertiary/aromatic N) is 2. The fourth-order valence-electron chi connectivity index (χ4n) is 2.41. The largest absolute Gasteiger partial charge is 0.377 e. The molecule has 0 aliphatic heterocycles. The molecular weight excluding hydrogens is 302 g/mol. The van der Waals surface area contributed by atoms with Crippen LogP contribution in [0.15, 0.2) is 59.1 Å². The molecule has 0 bridgehead atoms. The van der Waals surface area contributed by atoms with Crippen LogP contribution in [0.1, 0.15) is 29.8 Å². The summed E-state index contributed by atoms with van der Waals surface area (Å²) in [4.78, 5) is 4.44. The Morgan fingerprint density at radius 3 is 2.67 bits per heavy atom. The summed E-state index contributed by atoms with van der Waals surface area (Å²) in [7, 11) is 0. The van der Waals surface area contributed by atoms with E-state index in [1.807, 2.05) is 55.5 Å². The molecule has 1 heterocycles. The van der Waals surface area contributed by atoms with Gasteiger partial charge in [0, 0.05) is 17.9 Å². The molecule has 0 amide bonds. The number of rotatable bonds is 8. The van der Waals surface area contributed by atoms with E-state index >= 15 is 0 Å². The second-order valence-electron chi connectivity index (χ2n) is 5.41. The van der Waals surface area contributed by atoms with E-state index in [4.69, 9.17) is 9.26 Å². The average Bonchev–Trinajstić information content (AvgIpc) is 3.07. The van der Waals surface area contributed by atoms with Gasteiger partial charge in [-0.25, -0.2) is 0 Å². The van der Waals surface area contributed by atoms with Gasteiger partial charge in [0.05, 0.1) is 19.6 Å². The molecule has 0 spiro atoms. The molecule has 1 aromatic heterocycles. The molecule has 5 heteroatoms. The standard InChI is InChI=1S/C19H21N3O2/c1-2-23-14-16-10-6-7-11-17(16)20-13-18-21-19(24-22-18)12-15-8-4-3-5-9-15/h3-11,20H,2,12-14H2,1H3. The van der Waals surface area contributed by atoms with Gasteiger partial charge in [0.15, 0.2) is 5.82 Å². The Bertz CT molecular complexity index is 756. The van der Waals surface area contributed by atoms with E-state index in [1.54, 1.807) is 0 Å². The summed E-state index contributed by atoms with van der Waals surface area (Å²) in [6.45, 7) is 3.79. The smallest absolute Gasteiger partial charge is 0.231 e. The van der Waals surface area contributed by atoms with Gasteiger partial charge in [0.25, 0.3) is 0 Å². The number of aromatic nitrogens is 2.